The molecule has 2 heteroatoms. The van der Waals surface area contributed by atoms with Crippen molar-refractivity contribution in [3.63, 3.8) is 0 Å². The van der Waals surface area contributed by atoms with Crippen molar-refractivity contribution in [2.75, 3.05) is 6.61 Å². The third kappa shape index (κ3) is 10.4. The van der Waals surface area contributed by atoms with Gasteiger partial charge in [0.1, 0.15) is 5.01 Å². The van der Waals surface area contributed by atoms with Crippen molar-refractivity contribution in [1.82, 2.24) is 0 Å². The van der Waals surface area contributed by atoms with E-state index in [0.29, 0.717) is 5.92 Å². The lowest BCUT2D eigenvalue weighted by molar-refractivity contribution is 0.0996. The Bertz CT molecular complexity index is 104. The maximum absolute atomic E-state index is 5.62. The molecule has 0 bridgehead atoms. The molecular weight excluding hydrogens is 228 g/mol. The van der Waals surface area contributed by atoms with E-state index >= 15 is 0 Å². The molecule has 0 aromatic heterocycles. The first-order chi connectivity index (χ1) is 6.16. The van der Waals surface area contributed by atoms with Gasteiger partial charge >= 0.3 is 0 Å². The summed E-state index contributed by atoms with van der Waals surface area (Å²) < 4.78 is 5.62. The summed E-state index contributed by atoms with van der Waals surface area (Å²) >= 11 is 3.53. The van der Waals surface area contributed by atoms with Gasteiger partial charge in [-0.2, -0.15) is 0 Å². The van der Waals surface area contributed by atoms with Crippen molar-refractivity contribution < 1.29 is 4.74 Å². The van der Waals surface area contributed by atoms with Crippen molar-refractivity contribution in [2.24, 2.45) is 5.92 Å². The second-order valence-electron chi connectivity index (χ2n) is 3.97. The van der Waals surface area contributed by atoms with Crippen LogP contribution in [0.15, 0.2) is 0 Å². The molecule has 1 unspecified atom stereocenters. The zero-order chi connectivity index (χ0) is 10.1. The molecule has 0 spiro atoms. The van der Waals surface area contributed by atoms with E-state index in [1.54, 1.807) is 0 Å². The van der Waals surface area contributed by atoms with Crippen LogP contribution in [0.4, 0.5) is 0 Å². The summed E-state index contributed by atoms with van der Waals surface area (Å²) in [7, 11) is 0. The van der Waals surface area contributed by atoms with Crippen molar-refractivity contribution in [3.8, 4) is 0 Å². The van der Waals surface area contributed by atoms with Crippen LogP contribution < -0.4 is 0 Å². The topological polar surface area (TPSA) is 9.23 Å². The Labute approximate surface area is 91.4 Å². The van der Waals surface area contributed by atoms with Crippen LogP contribution in [0.3, 0.4) is 0 Å². The molecule has 0 aliphatic rings. The Hall–Kier alpha value is 0.440. The summed E-state index contributed by atoms with van der Waals surface area (Å²) in [5.74, 6) is 0.708. The fourth-order valence-electron chi connectivity index (χ4n) is 1.18. The molecule has 0 amide bonds. The van der Waals surface area contributed by atoms with E-state index < -0.39 is 0 Å². The molecule has 1 nitrogen and oxygen atoms in total. The number of alkyl halides is 1. The van der Waals surface area contributed by atoms with E-state index in [1.807, 2.05) is 0 Å². The molecule has 0 saturated carbocycles. The normalized spacial score (nSPS) is 13.6. The van der Waals surface area contributed by atoms with Crippen LogP contribution in [0, 0.1) is 5.92 Å². The molecule has 0 N–H and O–H groups in total. The molecule has 0 heterocycles. The summed E-state index contributed by atoms with van der Waals surface area (Å²) in [5.41, 5.74) is 0. The van der Waals surface area contributed by atoms with Gasteiger partial charge in [-0.15, -0.1) is 0 Å². The number of rotatable bonds is 8. The first-order valence-corrected chi connectivity index (χ1v) is 6.34. The average Bonchev–Trinajstić information content (AvgIpc) is 2.02. The number of hydrogen-bond donors (Lipinski definition) is 0. The molecule has 0 rings (SSSR count). The van der Waals surface area contributed by atoms with E-state index in [0.717, 1.165) is 13.0 Å². The van der Waals surface area contributed by atoms with Crippen molar-refractivity contribution >= 4 is 15.9 Å². The van der Waals surface area contributed by atoms with E-state index in [9.17, 15) is 0 Å². The highest BCUT2D eigenvalue weighted by Gasteiger charge is 2.05. The maximum Gasteiger partial charge on any atom is 0.112 e. The predicted octanol–water partition coefficient (Wildman–Crippen LogP) is 4.35. The second kappa shape index (κ2) is 9.01. The van der Waals surface area contributed by atoms with Gasteiger partial charge in [-0.05, 0) is 18.8 Å². The summed E-state index contributed by atoms with van der Waals surface area (Å²) in [6.07, 6.45) is 6.24. The highest BCUT2D eigenvalue weighted by molar-refractivity contribution is 9.09. The predicted molar refractivity (Wildman–Crippen MR) is 62.3 cm³/mol. The zero-order valence-corrected chi connectivity index (χ0v) is 10.8. The van der Waals surface area contributed by atoms with Crippen LogP contribution >= 0.6 is 15.9 Å². The summed E-state index contributed by atoms with van der Waals surface area (Å²) in [6.45, 7) is 7.57. The third-order valence-corrected chi connectivity index (χ3v) is 2.59. The lowest BCUT2D eigenvalue weighted by atomic mass is 10.1. The Balaban J connectivity index is 3.12. The molecular formula is C11H23BrO. The van der Waals surface area contributed by atoms with Crippen LogP contribution in [0.25, 0.3) is 0 Å². The molecule has 0 aliphatic carbocycles. The van der Waals surface area contributed by atoms with Crippen molar-refractivity contribution in [1.29, 1.82) is 0 Å². The van der Waals surface area contributed by atoms with Gasteiger partial charge < -0.3 is 4.74 Å². The minimum atomic E-state index is 0.258. The molecule has 1 atom stereocenters. The van der Waals surface area contributed by atoms with Crippen LogP contribution in [-0.2, 0) is 4.74 Å². The largest absolute Gasteiger partial charge is 0.367 e. The zero-order valence-electron chi connectivity index (χ0n) is 9.18. The second-order valence-corrected chi connectivity index (χ2v) is 4.99. The standard InChI is InChI=1S/C11H23BrO/c1-4-5-6-7-8-13-11(12)9-10(2)3/h10-11H,4-9H2,1-3H3. The lowest BCUT2D eigenvalue weighted by Gasteiger charge is -2.13. The van der Waals surface area contributed by atoms with Crippen LogP contribution in [0.5, 0.6) is 0 Å². The van der Waals surface area contributed by atoms with E-state index in [1.165, 1.54) is 25.7 Å². The number of halogens is 1. The minimum Gasteiger partial charge on any atom is -0.367 e. The first-order valence-electron chi connectivity index (χ1n) is 5.42. The van der Waals surface area contributed by atoms with E-state index in [-0.39, 0.29) is 5.01 Å². The smallest absolute Gasteiger partial charge is 0.112 e. The SMILES string of the molecule is CCCCCCOC(Br)CC(C)C. The highest BCUT2D eigenvalue weighted by atomic mass is 79.9. The molecule has 0 aromatic carbocycles. The summed E-state index contributed by atoms with van der Waals surface area (Å²) in [4.78, 5) is 0. The van der Waals surface area contributed by atoms with Gasteiger partial charge in [0.2, 0.25) is 0 Å². The fraction of sp³-hybridized carbons (Fsp3) is 1.00. The Morgan fingerprint density at radius 1 is 1.15 bits per heavy atom. The molecule has 13 heavy (non-hydrogen) atoms. The molecule has 0 saturated heterocycles. The Kier molecular flexibility index (Phi) is 9.32. The third-order valence-electron chi connectivity index (χ3n) is 1.95. The first kappa shape index (κ1) is 13.4. The lowest BCUT2D eigenvalue weighted by Crippen LogP contribution is -2.08. The highest BCUT2D eigenvalue weighted by Crippen LogP contribution is 2.14. The minimum absolute atomic E-state index is 0.258. The van der Waals surface area contributed by atoms with Crippen molar-refractivity contribution in [2.45, 2.75) is 57.9 Å². The Morgan fingerprint density at radius 2 is 1.85 bits per heavy atom. The quantitative estimate of drug-likeness (QED) is 0.460. The van der Waals surface area contributed by atoms with Gasteiger partial charge in [-0.25, -0.2) is 0 Å². The van der Waals surface area contributed by atoms with Gasteiger partial charge in [-0.3, -0.25) is 0 Å². The van der Waals surface area contributed by atoms with Gasteiger partial charge in [0.05, 0.1) is 0 Å². The average molecular weight is 251 g/mol. The van der Waals surface area contributed by atoms with Gasteiger partial charge in [0, 0.05) is 6.61 Å². The molecule has 0 aliphatic heterocycles. The van der Waals surface area contributed by atoms with E-state index in [4.69, 9.17) is 4.74 Å². The molecule has 0 aromatic rings. The Morgan fingerprint density at radius 3 is 2.38 bits per heavy atom. The van der Waals surface area contributed by atoms with Gasteiger partial charge in [0.25, 0.3) is 0 Å². The van der Waals surface area contributed by atoms with Crippen molar-refractivity contribution in [3.05, 3.63) is 0 Å². The number of ether oxygens (including phenoxy) is 1. The number of hydrogen-bond acceptors (Lipinski definition) is 1. The fourth-order valence-corrected chi connectivity index (χ4v) is 2.11. The van der Waals surface area contributed by atoms with E-state index in [2.05, 4.69) is 36.7 Å². The van der Waals surface area contributed by atoms with Crippen LogP contribution in [0.1, 0.15) is 52.9 Å². The van der Waals surface area contributed by atoms with Gasteiger partial charge in [0.15, 0.2) is 0 Å². The van der Waals surface area contributed by atoms with Gasteiger partial charge in [-0.1, -0.05) is 56.0 Å². The maximum atomic E-state index is 5.62. The monoisotopic (exact) mass is 250 g/mol. The molecule has 80 valence electrons. The summed E-state index contributed by atoms with van der Waals surface area (Å²) in [6, 6.07) is 0. The number of unbranched alkanes of at least 4 members (excludes halogenated alkanes) is 3. The molecule has 0 radical (unpaired) electrons. The van der Waals surface area contributed by atoms with Crippen LogP contribution in [-0.4, -0.2) is 11.6 Å². The van der Waals surface area contributed by atoms with Crippen LogP contribution in [0.2, 0.25) is 0 Å². The summed E-state index contributed by atoms with van der Waals surface area (Å²) in [5, 5.41) is 0.258. The molecule has 0 fully saturated rings.